The summed E-state index contributed by atoms with van der Waals surface area (Å²) in [4.78, 5) is 0.527. The molecule has 1 heterocycles. The van der Waals surface area contributed by atoms with Gasteiger partial charge in [0.15, 0.2) is 0 Å². The molecule has 1 aromatic heterocycles. The van der Waals surface area contributed by atoms with Crippen LogP contribution in [-0.4, -0.2) is 9.56 Å². The number of nitrogens with two attached hydrogens (primary N) is 1. The van der Waals surface area contributed by atoms with Gasteiger partial charge in [-0.05, 0) is 25.5 Å². The van der Waals surface area contributed by atoms with E-state index in [1.165, 1.54) is 22.2 Å². The highest BCUT2D eigenvalue weighted by molar-refractivity contribution is 7.80. The second-order valence-electron chi connectivity index (χ2n) is 3.78. The van der Waals surface area contributed by atoms with E-state index in [1.807, 2.05) is 6.07 Å². The molecule has 0 spiro atoms. The van der Waals surface area contributed by atoms with Crippen molar-refractivity contribution >= 4 is 28.1 Å². The highest BCUT2D eigenvalue weighted by atomic mass is 32.1. The predicted octanol–water partition coefficient (Wildman–Crippen LogP) is 2.54. The van der Waals surface area contributed by atoms with Crippen LogP contribution in [0.1, 0.15) is 11.3 Å². The number of fused-ring (bicyclic) bond motifs is 1. The molecule has 0 fully saturated rings. The third-order valence-electron chi connectivity index (χ3n) is 2.86. The van der Waals surface area contributed by atoms with Crippen molar-refractivity contribution in [1.82, 2.24) is 4.57 Å². The molecule has 2 rings (SSSR count). The molecule has 2 N–H and O–H groups in total. The van der Waals surface area contributed by atoms with Gasteiger partial charge in [0.25, 0.3) is 0 Å². The first-order valence-electron chi connectivity index (χ1n) is 4.94. The Balaban J connectivity index is 2.72. The maximum absolute atomic E-state index is 5.60. The molecular formula is C12H14N2S. The van der Waals surface area contributed by atoms with Crippen LogP contribution in [0.2, 0.25) is 0 Å². The third-order valence-corrected chi connectivity index (χ3v) is 2.99. The Morgan fingerprint density at radius 2 is 2.00 bits per heavy atom. The summed E-state index contributed by atoms with van der Waals surface area (Å²) in [5, 5.41) is 1.28. The average Bonchev–Trinajstić information content (AvgIpc) is 2.44. The molecule has 2 aromatic rings. The standard InChI is InChI=1S/C12H14N2S/c1-8-9(2)14(7-12(13)15)11-6-4-3-5-10(8)11/h3-6H,7H2,1-2H3,(H2,13,15). The van der Waals surface area contributed by atoms with Crippen molar-refractivity contribution in [2.24, 2.45) is 5.73 Å². The lowest BCUT2D eigenvalue weighted by Gasteiger charge is -2.06. The van der Waals surface area contributed by atoms with Crippen LogP contribution in [0.5, 0.6) is 0 Å². The van der Waals surface area contributed by atoms with Crippen LogP contribution in [0.4, 0.5) is 0 Å². The van der Waals surface area contributed by atoms with Crippen LogP contribution < -0.4 is 5.73 Å². The Morgan fingerprint density at radius 3 is 2.67 bits per heavy atom. The lowest BCUT2D eigenvalue weighted by atomic mass is 10.2. The van der Waals surface area contributed by atoms with Crippen LogP contribution in [-0.2, 0) is 6.54 Å². The summed E-state index contributed by atoms with van der Waals surface area (Å²) in [5.41, 5.74) is 9.36. The quantitative estimate of drug-likeness (QED) is 0.785. The lowest BCUT2D eigenvalue weighted by molar-refractivity contribution is 0.854. The molecule has 0 saturated heterocycles. The Bertz CT molecular complexity index is 526. The van der Waals surface area contributed by atoms with E-state index in [1.54, 1.807) is 0 Å². The molecule has 0 aliphatic carbocycles. The van der Waals surface area contributed by atoms with Crippen LogP contribution in [0, 0.1) is 13.8 Å². The summed E-state index contributed by atoms with van der Waals surface area (Å²) in [6.07, 6.45) is 0. The topological polar surface area (TPSA) is 30.9 Å². The number of thiocarbonyl (C=S) groups is 1. The highest BCUT2D eigenvalue weighted by Gasteiger charge is 2.09. The minimum Gasteiger partial charge on any atom is -0.392 e. The smallest absolute Gasteiger partial charge is 0.0928 e. The molecule has 0 saturated carbocycles. The molecule has 78 valence electrons. The van der Waals surface area contributed by atoms with Gasteiger partial charge in [-0.1, -0.05) is 30.4 Å². The molecule has 0 aliphatic heterocycles. The molecule has 1 aromatic carbocycles. The van der Waals surface area contributed by atoms with Gasteiger partial charge in [0, 0.05) is 16.6 Å². The molecular weight excluding hydrogens is 204 g/mol. The maximum atomic E-state index is 5.60. The van der Waals surface area contributed by atoms with Gasteiger partial charge in [0.2, 0.25) is 0 Å². The number of hydrogen-bond acceptors (Lipinski definition) is 1. The van der Waals surface area contributed by atoms with Gasteiger partial charge in [-0.2, -0.15) is 0 Å². The van der Waals surface area contributed by atoms with Crippen LogP contribution in [0.15, 0.2) is 24.3 Å². The van der Waals surface area contributed by atoms with Gasteiger partial charge in [0.1, 0.15) is 0 Å². The number of benzene rings is 1. The van der Waals surface area contributed by atoms with Crippen LogP contribution in [0.25, 0.3) is 10.9 Å². The first-order chi connectivity index (χ1) is 7.11. The van der Waals surface area contributed by atoms with Gasteiger partial charge in [-0.15, -0.1) is 0 Å². The SMILES string of the molecule is Cc1c(C)n(CC(N)=S)c2ccccc12. The van der Waals surface area contributed by atoms with Crippen molar-refractivity contribution in [3.8, 4) is 0 Å². The first kappa shape index (κ1) is 10.2. The van der Waals surface area contributed by atoms with Crippen molar-refractivity contribution in [3.05, 3.63) is 35.5 Å². The van der Waals surface area contributed by atoms with E-state index in [0.717, 1.165) is 0 Å². The summed E-state index contributed by atoms with van der Waals surface area (Å²) >= 11 is 4.97. The summed E-state index contributed by atoms with van der Waals surface area (Å²) in [6, 6.07) is 8.33. The van der Waals surface area contributed by atoms with Crippen molar-refractivity contribution in [1.29, 1.82) is 0 Å². The molecule has 0 radical (unpaired) electrons. The van der Waals surface area contributed by atoms with E-state index in [4.69, 9.17) is 18.0 Å². The Hall–Kier alpha value is -1.35. The molecule has 0 bridgehead atoms. The monoisotopic (exact) mass is 218 g/mol. The minimum absolute atomic E-state index is 0.527. The number of aryl methyl sites for hydroxylation is 1. The van der Waals surface area contributed by atoms with E-state index >= 15 is 0 Å². The van der Waals surface area contributed by atoms with Gasteiger partial charge in [-0.3, -0.25) is 0 Å². The highest BCUT2D eigenvalue weighted by Crippen LogP contribution is 2.24. The van der Waals surface area contributed by atoms with E-state index in [9.17, 15) is 0 Å². The van der Waals surface area contributed by atoms with Gasteiger partial charge >= 0.3 is 0 Å². The maximum Gasteiger partial charge on any atom is 0.0928 e. The fourth-order valence-corrected chi connectivity index (χ4v) is 2.09. The summed E-state index contributed by atoms with van der Waals surface area (Å²) < 4.78 is 2.17. The van der Waals surface area contributed by atoms with Crippen molar-refractivity contribution in [3.63, 3.8) is 0 Å². The summed E-state index contributed by atoms with van der Waals surface area (Å²) in [5.74, 6) is 0. The zero-order chi connectivity index (χ0) is 11.0. The normalized spacial score (nSPS) is 10.8. The van der Waals surface area contributed by atoms with Crippen LogP contribution in [0.3, 0.4) is 0 Å². The summed E-state index contributed by atoms with van der Waals surface area (Å²) in [7, 11) is 0. The Labute approximate surface area is 94.7 Å². The van der Waals surface area contributed by atoms with Gasteiger partial charge in [0.05, 0.1) is 11.5 Å². The van der Waals surface area contributed by atoms with Crippen molar-refractivity contribution in [2.45, 2.75) is 20.4 Å². The van der Waals surface area contributed by atoms with Gasteiger partial charge in [-0.25, -0.2) is 0 Å². The van der Waals surface area contributed by atoms with E-state index < -0.39 is 0 Å². The molecule has 0 atom stereocenters. The predicted molar refractivity (Wildman–Crippen MR) is 68.2 cm³/mol. The lowest BCUT2D eigenvalue weighted by Crippen LogP contribution is -2.17. The number of hydrogen-bond donors (Lipinski definition) is 1. The van der Waals surface area contributed by atoms with E-state index in [0.29, 0.717) is 11.5 Å². The van der Waals surface area contributed by atoms with Crippen molar-refractivity contribution < 1.29 is 0 Å². The van der Waals surface area contributed by atoms with E-state index in [-0.39, 0.29) is 0 Å². The second kappa shape index (κ2) is 3.66. The van der Waals surface area contributed by atoms with Gasteiger partial charge < -0.3 is 10.3 Å². The number of aromatic nitrogens is 1. The first-order valence-corrected chi connectivity index (χ1v) is 5.35. The molecule has 0 amide bonds. The fraction of sp³-hybridized carbons (Fsp3) is 0.250. The number of para-hydroxylation sites is 1. The zero-order valence-corrected chi connectivity index (χ0v) is 9.77. The third kappa shape index (κ3) is 1.63. The number of nitrogens with zero attached hydrogens (tertiary/aromatic N) is 1. The minimum atomic E-state index is 0.527. The summed E-state index contributed by atoms with van der Waals surface area (Å²) in [6.45, 7) is 4.86. The molecule has 3 heteroatoms. The molecule has 2 nitrogen and oxygen atoms in total. The molecule has 15 heavy (non-hydrogen) atoms. The number of rotatable bonds is 2. The largest absolute Gasteiger partial charge is 0.392 e. The molecule has 0 unspecified atom stereocenters. The second-order valence-corrected chi connectivity index (χ2v) is 4.30. The Kier molecular flexibility index (Phi) is 2.49. The average molecular weight is 218 g/mol. The fourth-order valence-electron chi connectivity index (χ4n) is 1.96. The van der Waals surface area contributed by atoms with Crippen molar-refractivity contribution in [2.75, 3.05) is 0 Å². The Morgan fingerprint density at radius 1 is 1.33 bits per heavy atom. The zero-order valence-electron chi connectivity index (χ0n) is 8.95. The van der Waals surface area contributed by atoms with Crippen LogP contribution >= 0.6 is 12.2 Å². The molecule has 0 aliphatic rings. The van der Waals surface area contributed by atoms with E-state index in [2.05, 4.69) is 36.6 Å².